The molecule has 0 N–H and O–H groups in total. The second kappa shape index (κ2) is 10.7. The average Bonchev–Trinajstić information content (AvgIpc) is 3.24. The largest absolute Gasteiger partial charge is 0.493 e. The summed E-state index contributed by atoms with van der Waals surface area (Å²) in [5.41, 5.74) is 1.63. The Bertz CT molecular complexity index is 1380. The van der Waals surface area contributed by atoms with E-state index in [9.17, 15) is 8.42 Å². The topological polar surface area (TPSA) is 81.9 Å². The van der Waals surface area contributed by atoms with Gasteiger partial charge in [-0.2, -0.15) is 0 Å². The molecule has 182 valence electrons. The summed E-state index contributed by atoms with van der Waals surface area (Å²) in [4.78, 5) is 4.85. The molecular formula is C27H28N2O5S. The molecule has 0 radical (unpaired) electrons. The molecule has 0 saturated heterocycles. The van der Waals surface area contributed by atoms with Gasteiger partial charge < -0.3 is 13.9 Å². The van der Waals surface area contributed by atoms with Crippen LogP contribution in [0.4, 0.5) is 5.69 Å². The van der Waals surface area contributed by atoms with Gasteiger partial charge >= 0.3 is 0 Å². The van der Waals surface area contributed by atoms with E-state index in [1.807, 2.05) is 44.2 Å². The van der Waals surface area contributed by atoms with Gasteiger partial charge in [-0.15, -0.1) is 0 Å². The quantitative estimate of drug-likeness (QED) is 0.276. The highest BCUT2D eigenvalue weighted by molar-refractivity contribution is 7.92. The van der Waals surface area contributed by atoms with Crippen LogP contribution in [0.1, 0.15) is 25.3 Å². The average molecular weight is 493 g/mol. The van der Waals surface area contributed by atoms with Gasteiger partial charge in [-0.05, 0) is 57.2 Å². The van der Waals surface area contributed by atoms with Crippen LogP contribution in [0, 0.1) is 6.92 Å². The minimum Gasteiger partial charge on any atom is -0.493 e. The molecule has 0 spiro atoms. The minimum atomic E-state index is -3.94. The Hall–Kier alpha value is -3.78. The van der Waals surface area contributed by atoms with Crippen molar-refractivity contribution in [2.24, 2.45) is 0 Å². The van der Waals surface area contributed by atoms with Crippen LogP contribution in [-0.4, -0.2) is 26.6 Å². The third-order valence-electron chi connectivity index (χ3n) is 5.37. The maximum atomic E-state index is 13.8. The number of para-hydroxylation sites is 3. The predicted octanol–water partition coefficient (Wildman–Crippen LogP) is 5.84. The van der Waals surface area contributed by atoms with Crippen LogP contribution >= 0.6 is 0 Å². The number of oxazole rings is 1. The van der Waals surface area contributed by atoms with E-state index in [1.165, 1.54) is 4.31 Å². The maximum Gasteiger partial charge on any atom is 0.264 e. The molecule has 0 amide bonds. The van der Waals surface area contributed by atoms with Crippen molar-refractivity contribution in [2.45, 2.75) is 32.2 Å². The van der Waals surface area contributed by atoms with Crippen LogP contribution in [0.15, 0.2) is 88.2 Å². The summed E-state index contributed by atoms with van der Waals surface area (Å²) in [7, 11) is -3.94. The molecule has 4 rings (SSSR count). The van der Waals surface area contributed by atoms with E-state index < -0.39 is 10.0 Å². The van der Waals surface area contributed by atoms with E-state index in [-0.39, 0.29) is 11.4 Å². The molecule has 0 bridgehead atoms. The Morgan fingerprint density at radius 1 is 0.829 bits per heavy atom. The third-order valence-corrected chi connectivity index (χ3v) is 7.14. The summed E-state index contributed by atoms with van der Waals surface area (Å²) >= 11 is 0. The van der Waals surface area contributed by atoms with Crippen molar-refractivity contribution in [3.8, 4) is 23.0 Å². The lowest BCUT2D eigenvalue weighted by Gasteiger charge is -2.25. The van der Waals surface area contributed by atoms with Crippen molar-refractivity contribution in [2.75, 3.05) is 17.5 Å². The van der Waals surface area contributed by atoms with Crippen LogP contribution in [0.5, 0.6) is 11.5 Å². The molecule has 3 aromatic carbocycles. The van der Waals surface area contributed by atoms with Crippen molar-refractivity contribution in [3.63, 3.8) is 0 Å². The number of nitrogens with zero attached hydrogens (tertiary/aromatic N) is 2. The number of aryl methyl sites for hydroxylation is 1. The third kappa shape index (κ3) is 5.17. The van der Waals surface area contributed by atoms with Gasteiger partial charge in [0.05, 0.1) is 35.9 Å². The molecule has 8 heteroatoms. The van der Waals surface area contributed by atoms with E-state index in [4.69, 9.17) is 13.9 Å². The fourth-order valence-corrected chi connectivity index (χ4v) is 5.17. The molecule has 0 aliphatic rings. The van der Waals surface area contributed by atoms with Crippen molar-refractivity contribution in [1.29, 1.82) is 0 Å². The molecule has 1 aromatic heterocycles. The fraction of sp³-hybridized carbons (Fsp3) is 0.222. The van der Waals surface area contributed by atoms with Crippen molar-refractivity contribution in [3.05, 3.63) is 90.3 Å². The van der Waals surface area contributed by atoms with E-state index >= 15 is 0 Å². The minimum absolute atomic E-state index is 0.0343. The SMILES string of the molecule is CCOc1ccccc1-c1nc(CN(c2ccccc2OCC)S(=O)(=O)c2ccccc2)c(C)o1. The summed E-state index contributed by atoms with van der Waals surface area (Å²) in [5, 5.41) is 0. The predicted molar refractivity (Wildman–Crippen MR) is 135 cm³/mol. The summed E-state index contributed by atoms with van der Waals surface area (Å²) < 4.78 is 46.4. The Balaban J connectivity index is 1.80. The zero-order chi connectivity index (χ0) is 24.8. The molecule has 4 aromatic rings. The highest BCUT2D eigenvalue weighted by Gasteiger charge is 2.29. The second-order valence-electron chi connectivity index (χ2n) is 7.68. The number of aromatic nitrogens is 1. The van der Waals surface area contributed by atoms with Gasteiger partial charge in [-0.3, -0.25) is 4.31 Å². The first-order chi connectivity index (χ1) is 17.0. The van der Waals surface area contributed by atoms with E-state index in [0.717, 1.165) is 0 Å². The first-order valence-corrected chi connectivity index (χ1v) is 12.9. The van der Waals surface area contributed by atoms with Crippen molar-refractivity contribution >= 4 is 15.7 Å². The maximum absolute atomic E-state index is 13.8. The van der Waals surface area contributed by atoms with Crippen LogP contribution in [0.2, 0.25) is 0 Å². The lowest BCUT2D eigenvalue weighted by Crippen LogP contribution is -2.31. The second-order valence-corrected chi connectivity index (χ2v) is 9.54. The van der Waals surface area contributed by atoms with Crippen LogP contribution in [0.25, 0.3) is 11.5 Å². The molecule has 0 unspecified atom stereocenters. The number of benzene rings is 3. The number of ether oxygens (including phenoxy) is 2. The Kier molecular flexibility index (Phi) is 7.41. The van der Waals surface area contributed by atoms with Crippen molar-refractivity contribution in [1.82, 2.24) is 4.98 Å². The first-order valence-electron chi connectivity index (χ1n) is 11.4. The zero-order valence-corrected chi connectivity index (χ0v) is 20.8. The number of hydrogen-bond donors (Lipinski definition) is 0. The van der Waals surface area contributed by atoms with Crippen LogP contribution in [0.3, 0.4) is 0 Å². The molecule has 0 aliphatic carbocycles. The van der Waals surface area contributed by atoms with Gasteiger partial charge in [0.2, 0.25) is 5.89 Å². The van der Waals surface area contributed by atoms with Gasteiger partial charge in [0.15, 0.2) is 0 Å². The molecule has 0 saturated carbocycles. The molecule has 0 atom stereocenters. The Morgan fingerprint density at radius 3 is 2.14 bits per heavy atom. The Labute approximate surface area is 206 Å². The normalized spacial score (nSPS) is 11.3. The van der Waals surface area contributed by atoms with Gasteiger partial charge in [0.25, 0.3) is 10.0 Å². The summed E-state index contributed by atoms with van der Waals surface area (Å²) in [6, 6.07) is 22.9. The van der Waals surface area contributed by atoms with Gasteiger partial charge in [-0.25, -0.2) is 13.4 Å². The van der Waals surface area contributed by atoms with Crippen LogP contribution < -0.4 is 13.8 Å². The van der Waals surface area contributed by atoms with Gasteiger partial charge in [0, 0.05) is 0 Å². The molecule has 0 aliphatic heterocycles. The van der Waals surface area contributed by atoms with E-state index in [1.54, 1.807) is 55.5 Å². The molecule has 1 heterocycles. The van der Waals surface area contributed by atoms with E-state index in [0.29, 0.717) is 53.3 Å². The number of sulfonamides is 1. The first kappa shape index (κ1) is 24.3. The van der Waals surface area contributed by atoms with E-state index in [2.05, 4.69) is 4.98 Å². The Morgan fingerprint density at radius 2 is 1.43 bits per heavy atom. The summed E-state index contributed by atoms with van der Waals surface area (Å²) in [5.74, 6) is 2.01. The molecule has 7 nitrogen and oxygen atoms in total. The molecule has 0 fully saturated rings. The number of hydrogen-bond acceptors (Lipinski definition) is 6. The highest BCUT2D eigenvalue weighted by atomic mass is 32.2. The van der Waals surface area contributed by atoms with Crippen LogP contribution in [-0.2, 0) is 16.6 Å². The fourth-order valence-electron chi connectivity index (χ4n) is 3.71. The smallest absolute Gasteiger partial charge is 0.264 e. The number of rotatable bonds is 10. The number of anilines is 1. The lowest BCUT2D eigenvalue weighted by atomic mass is 10.2. The lowest BCUT2D eigenvalue weighted by molar-refractivity contribution is 0.340. The van der Waals surface area contributed by atoms with Gasteiger partial charge in [0.1, 0.15) is 23.0 Å². The molecular weight excluding hydrogens is 464 g/mol. The monoisotopic (exact) mass is 492 g/mol. The standard InChI is InChI=1S/C27H28N2O5S/c1-4-32-25-17-11-9-15-22(25)27-28-23(20(3)34-27)19-29(24-16-10-12-18-26(24)33-5-2)35(30,31)21-13-7-6-8-14-21/h6-18H,4-5,19H2,1-3H3. The highest BCUT2D eigenvalue weighted by Crippen LogP contribution is 2.36. The summed E-state index contributed by atoms with van der Waals surface area (Å²) in [6.45, 7) is 6.41. The summed E-state index contributed by atoms with van der Waals surface area (Å²) in [6.07, 6.45) is 0. The van der Waals surface area contributed by atoms with Crippen molar-refractivity contribution < 1.29 is 22.3 Å². The molecule has 35 heavy (non-hydrogen) atoms. The van der Waals surface area contributed by atoms with Gasteiger partial charge in [-0.1, -0.05) is 42.5 Å². The zero-order valence-electron chi connectivity index (χ0n) is 20.0.